The quantitative estimate of drug-likeness (QED) is 0.482. The highest BCUT2D eigenvalue weighted by atomic mass is 17.2. The summed E-state index contributed by atoms with van der Waals surface area (Å²) in [7, 11) is 0. The third kappa shape index (κ3) is 1.39. The zero-order valence-electron chi connectivity index (χ0n) is 6.41. The van der Waals surface area contributed by atoms with Gasteiger partial charge in [-0.25, -0.2) is 9.78 Å². The molecule has 0 saturated carbocycles. The fourth-order valence-electron chi connectivity index (χ4n) is 1.66. The van der Waals surface area contributed by atoms with E-state index in [1.165, 1.54) is 0 Å². The molecule has 2 fully saturated rings. The normalized spacial score (nSPS) is 31.4. The van der Waals surface area contributed by atoms with Gasteiger partial charge in [0.2, 0.25) is 0 Å². The summed E-state index contributed by atoms with van der Waals surface area (Å²) in [6, 6.07) is 0. The van der Waals surface area contributed by atoms with Crippen molar-refractivity contribution in [2.75, 3.05) is 19.7 Å². The molecule has 0 aromatic heterocycles. The molecule has 1 spiro atoms. The lowest BCUT2D eigenvalue weighted by molar-refractivity contribution is -0.325. The van der Waals surface area contributed by atoms with Crippen LogP contribution in [-0.4, -0.2) is 30.4 Å². The van der Waals surface area contributed by atoms with Crippen LogP contribution in [-0.2, 0) is 15.0 Å². The molecule has 4 heteroatoms. The van der Waals surface area contributed by atoms with Crippen molar-refractivity contribution in [1.82, 2.24) is 5.06 Å². The van der Waals surface area contributed by atoms with Crippen molar-refractivity contribution in [3.05, 3.63) is 0 Å². The van der Waals surface area contributed by atoms with Crippen LogP contribution in [0.4, 0.5) is 0 Å². The molecule has 4 nitrogen and oxygen atoms in total. The second-order valence-electron chi connectivity index (χ2n) is 3.27. The molecule has 2 aliphatic rings. The smallest absolute Gasteiger partial charge is 0.108 e. The largest absolute Gasteiger partial charge is 0.236 e. The Morgan fingerprint density at radius 1 is 1.18 bits per heavy atom. The number of nitrogens with zero attached hydrogens (tertiary/aromatic N) is 1. The van der Waals surface area contributed by atoms with E-state index in [0.717, 1.165) is 24.3 Å². The summed E-state index contributed by atoms with van der Waals surface area (Å²) in [5.74, 6) is 0. The molecule has 0 aromatic carbocycles. The van der Waals surface area contributed by atoms with Gasteiger partial charge in [0.15, 0.2) is 0 Å². The Hall–Kier alpha value is -0.160. The van der Waals surface area contributed by atoms with E-state index in [1.54, 1.807) is 0 Å². The van der Waals surface area contributed by atoms with Gasteiger partial charge in [-0.05, 0) is 12.8 Å². The molecule has 0 N–H and O–H groups in total. The van der Waals surface area contributed by atoms with Crippen molar-refractivity contribution >= 4 is 0 Å². The van der Waals surface area contributed by atoms with E-state index in [2.05, 4.69) is 0 Å². The van der Waals surface area contributed by atoms with E-state index in [-0.39, 0.29) is 5.60 Å². The molecule has 0 aromatic rings. The van der Waals surface area contributed by atoms with Gasteiger partial charge in [-0.1, -0.05) is 0 Å². The lowest BCUT2D eigenvalue weighted by Gasteiger charge is -2.32. The van der Waals surface area contributed by atoms with E-state index in [9.17, 15) is 5.21 Å². The SMILES string of the molecule is [O]N1CCC2(CCOO2)CC1. The van der Waals surface area contributed by atoms with Crippen LogP contribution in [0.15, 0.2) is 0 Å². The number of hydrogen-bond acceptors (Lipinski definition) is 3. The molecule has 63 valence electrons. The first-order chi connectivity index (χ1) is 5.31. The molecule has 1 radical (unpaired) electrons. The van der Waals surface area contributed by atoms with Crippen LogP contribution in [0.5, 0.6) is 0 Å². The van der Waals surface area contributed by atoms with Gasteiger partial charge in [0.05, 0.1) is 6.61 Å². The first kappa shape index (κ1) is 7.49. The van der Waals surface area contributed by atoms with Gasteiger partial charge < -0.3 is 0 Å². The van der Waals surface area contributed by atoms with Crippen LogP contribution < -0.4 is 0 Å². The Morgan fingerprint density at radius 2 is 1.91 bits per heavy atom. The van der Waals surface area contributed by atoms with E-state index in [1.807, 2.05) is 0 Å². The van der Waals surface area contributed by atoms with Crippen molar-refractivity contribution in [1.29, 1.82) is 0 Å². The molecule has 0 amide bonds. The van der Waals surface area contributed by atoms with E-state index in [0.29, 0.717) is 19.7 Å². The topological polar surface area (TPSA) is 41.6 Å². The molecule has 0 bridgehead atoms. The Bertz CT molecular complexity index is 135. The predicted molar refractivity (Wildman–Crippen MR) is 35.9 cm³/mol. The van der Waals surface area contributed by atoms with Crippen LogP contribution >= 0.6 is 0 Å². The molecule has 0 aliphatic carbocycles. The molecule has 2 saturated heterocycles. The summed E-state index contributed by atoms with van der Waals surface area (Å²) in [6.07, 6.45) is 2.58. The Morgan fingerprint density at radius 3 is 2.45 bits per heavy atom. The second kappa shape index (κ2) is 2.71. The number of hydroxylamine groups is 2. The highest BCUT2D eigenvalue weighted by molar-refractivity contribution is 4.86. The van der Waals surface area contributed by atoms with E-state index >= 15 is 0 Å². The molecule has 2 rings (SSSR count). The maximum atomic E-state index is 10.8. The predicted octanol–water partition coefficient (Wildman–Crippen LogP) is 0.518. The van der Waals surface area contributed by atoms with Crippen LogP contribution in [0.3, 0.4) is 0 Å². The van der Waals surface area contributed by atoms with E-state index < -0.39 is 0 Å². The Balaban J connectivity index is 1.94. The van der Waals surface area contributed by atoms with E-state index in [4.69, 9.17) is 9.78 Å². The lowest BCUT2D eigenvalue weighted by atomic mass is 9.90. The minimum absolute atomic E-state index is 0.110. The van der Waals surface area contributed by atoms with Crippen LogP contribution in [0.2, 0.25) is 0 Å². The summed E-state index contributed by atoms with van der Waals surface area (Å²) < 4.78 is 0. The first-order valence-corrected chi connectivity index (χ1v) is 4.04. The lowest BCUT2D eigenvalue weighted by Crippen LogP contribution is -2.41. The number of hydrogen-bond donors (Lipinski definition) is 0. The van der Waals surface area contributed by atoms with Crippen molar-refractivity contribution in [3.63, 3.8) is 0 Å². The molecular weight excluding hydrogens is 146 g/mol. The summed E-state index contributed by atoms with van der Waals surface area (Å²) in [6.45, 7) is 1.85. The third-order valence-corrected chi connectivity index (χ3v) is 2.51. The van der Waals surface area contributed by atoms with Crippen molar-refractivity contribution in [3.8, 4) is 0 Å². The minimum atomic E-state index is -0.110. The minimum Gasteiger partial charge on any atom is -0.236 e. The Kier molecular flexibility index (Phi) is 1.85. The highest BCUT2D eigenvalue weighted by Gasteiger charge is 2.40. The molecule has 2 aliphatic heterocycles. The van der Waals surface area contributed by atoms with Gasteiger partial charge in [0.1, 0.15) is 5.60 Å². The fraction of sp³-hybridized carbons (Fsp3) is 1.00. The van der Waals surface area contributed by atoms with Gasteiger partial charge in [-0.15, -0.1) is 5.21 Å². The number of rotatable bonds is 0. The second-order valence-corrected chi connectivity index (χ2v) is 3.27. The van der Waals surface area contributed by atoms with Crippen molar-refractivity contribution in [2.45, 2.75) is 24.9 Å². The summed E-state index contributed by atoms with van der Waals surface area (Å²) >= 11 is 0. The van der Waals surface area contributed by atoms with Gasteiger partial charge in [0.25, 0.3) is 0 Å². The van der Waals surface area contributed by atoms with Gasteiger partial charge in [-0.3, -0.25) is 0 Å². The molecule has 0 atom stereocenters. The first-order valence-electron chi connectivity index (χ1n) is 4.04. The van der Waals surface area contributed by atoms with Gasteiger partial charge in [0, 0.05) is 19.5 Å². The standard InChI is InChI=1S/C7H12NO3/c9-8-4-1-7(2-5-8)3-6-10-11-7/h1-6H2. The summed E-state index contributed by atoms with van der Waals surface area (Å²) in [5.41, 5.74) is -0.110. The monoisotopic (exact) mass is 158 g/mol. The molecule has 11 heavy (non-hydrogen) atoms. The van der Waals surface area contributed by atoms with Crippen molar-refractivity contribution in [2.24, 2.45) is 0 Å². The van der Waals surface area contributed by atoms with Gasteiger partial charge >= 0.3 is 0 Å². The number of piperidine rings is 1. The van der Waals surface area contributed by atoms with Crippen LogP contribution in [0, 0.1) is 0 Å². The third-order valence-electron chi connectivity index (χ3n) is 2.51. The van der Waals surface area contributed by atoms with Crippen LogP contribution in [0.25, 0.3) is 0 Å². The maximum absolute atomic E-state index is 10.8. The zero-order chi connectivity index (χ0) is 7.73. The summed E-state index contributed by atoms with van der Waals surface area (Å²) in [5, 5.41) is 11.9. The molecule has 2 heterocycles. The zero-order valence-corrected chi connectivity index (χ0v) is 6.41. The Labute approximate surface area is 65.6 Å². The summed E-state index contributed by atoms with van der Waals surface area (Å²) in [4.78, 5) is 10.0. The average molecular weight is 158 g/mol. The van der Waals surface area contributed by atoms with Crippen molar-refractivity contribution < 1.29 is 15.0 Å². The molecular formula is C7H12NO3. The van der Waals surface area contributed by atoms with Gasteiger partial charge in [-0.2, -0.15) is 5.06 Å². The fourth-order valence-corrected chi connectivity index (χ4v) is 1.66. The molecule has 0 unspecified atom stereocenters. The maximum Gasteiger partial charge on any atom is 0.108 e. The highest BCUT2D eigenvalue weighted by Crippen LogP contribution is 2.33. The average Bonchev–Trinajstić information content (AvgIpc) is 2.45. The van der Waals surface area contributed by atoms with Crippen LogP contribution in [0.1, 0.15) is 19.3 Å².